The molecule has 1 heterocycles. The summed E-state index contributed by atoms with van der Waals surface area (Å²) >= 11 is 0. The molecule has 82 valence electrons. The van der Waals surface area contributed by atoms with Crippen molar-refractivity contribution in [2.45, 2.75) is 45.6 Å². The van der Waals surface area contributed by atoms with E-state index in [-0.39, 0.29) is 17.4 Å². The van der Waals surface area contributed by atoms with Gasteiger partial charge >= 0.3 is 5.97 Å². The average molecular weight is 199 g/mol. The van der Waals surface area contributed by atoms with Crippen LogP contribution in [0, 0.1) is 5.92 Å². The summed E-state index contributed by atoms with van der Waals surface area (Å²) in [6, 6.07) is 0. The highest BCUT2D eigenvalue weighted by Crippen LogP contribution is 2.22. The number of nitrogens with one attached hydrogen (secondary N) is 1. The van der Waals surface area contributed by atoms with Crippen LogP contribution in [-0.2, 0) is 9.53 Å². The van der Waals surface area contributed by atoms with Crippen LogP contribution in [0.15, 0.2) is 0 Å². The van der Waals surface area contributed by atoms with Gasteiger partial charge in [-0.05, 0) is 32.7 Å². The van der Waals surface area contributed by atoms with Crippen LogP contribution in [-0.4, -0.2) is 24.7 Å². The Labute approximate surface area is 86.2 Å². The van der Waals surface area contributed by atoms with Crippen LogP contribution >= 0.6 is 0 Å². The van der Waals surface area contributed by atoms with Gasteiger partial charge in [-0.25, -0.2) is 0 Å². The Hall–Kier alpha value is -0.570. The maximum absolute atomic E-state index is 11.2. The molecule has 0 radical (unpaired) electrons. The van der Waals surface area contributed by atoms with Gasteiger partial charge in [-0.3, -0.25) is 4.79 Å². The molecule has 0 saturated carbocycles. The number of rotatable bonds is 4. The van der Waals surface area contributed by atoms with Gasteiger partial charge in [0.05, 0.1) is 12.5 Å². The summed E-state index contributed by atoms with van der Waals surface area (Å²) in [5.41, 5.74) is 0.192. The minimum Gasteiger partial charge on any atom is -0.465 e. The lowest BCUT2D eigenvalue weighted by molar-refractivity contribution is -0.147. The third-order valence-electron chi connectivity index (χ3n) is 2.83. The third-order valence-corrected chi connectivity index (χ3v) is 2.83. The van der Waals surface area contributed by atoms with Gasteiger partial charge in [0.25, 0.3) is 0 Å². The van der Waals surface area contributed by atoms with Crippen LogP contribution < -0.4 is 5.32 Å². The number of hydrogen-bond donors (Lipinski definition) is 1. The first kappa shape index (κ1) is 11.5. The summed E-state index contributed by atoms with van der Waals surface area (Å²) < 4.78 is 5.15. The Bertz CT molecular complexity index is 195. The first-order valence-electron chi connectivity index (χ1n) is 5.45. The van der Waals surface area contributed by atoms with Crippen LogP contribution in [0.4, 0.5) is 0 Å². The summed E-state index contributed by atoms with van der Waals surface area (Å²) in [4.78, 5) is 11.2. The monoisotopic (exact) mass is 199 g/mol. The lowest BCUT2D eigenvalue weighted by Gasteiger charge is -2.24. The van der Waals surface area contributed by atoms with Crippen LogP contribution in [0.5, 0.6) is 0 Å². The summed E-state index contributed by atoms with van der Waals surface area (Å²) in [6.07, 6.45) is 3.34. The van der Waals surface area contributed by atoms with Crippen LogP contribution in [0.3, 0.4) is 0 Å². The minimum absolute atomic E-state index is 0.0145. The van der Waals surface area contributed by atoms with E-state index in [4.69, 9.17) is 4.74 Å². The van der Waals surface area contributed by atoms with E-state index in [9.17, 15) is 4.79 Å². The van der Waals surface area contributed by atoms with E-state index in [1.807, 2.05) is 13.8 Å². The quantitative estimate of drug-likeness (QED) is 0.701. The molecule has 1 unspecified atom stereocenters. The normalized spacial score (nSPS) is 26.9. The van der Waals surface area contributed by atoms with Gasteiger partial charge in [0, 0.05) is 5.54 Å². The van der Waals surface area contributed by atoms with Gasteiger partial charge in [-0.1, -0.05) is 13.8 Å². The molecule has 1 aliphatic rings. The Balaban J connectivity index is 2.17. The summed E-state index contributed by atoms with van der Waals surface area (Å²) in [7, 11) is 0. The Morgan fingerprint density at radius 3 is 2.79 bits per heavy atom. The van der Waals surface area contributed by atoms with E-state index in [1.165, 1.54) is 12.8 Å². The van der Waals surface area contributed by atoms with Crippen molar-refractivity contribution in [2.75, 3.05) is 13.2 Å². The molecule has 0 aliphatic carbocycles. The van der Waals surface area contributed by atoms with E-state index < -0.39 is 0 Å². The number of hydrogen-bond acceptors (Lipinski definition) is 3. The topological polar surface area (TPSA) is 38.3 Å². The highest BCUT2D eigenvalue weighted by Gasteiger charge is 2.27. The third kappa shape index (κ3) is 3.29. The zero-order valence-electron chi connectivity index (χ0n) is 9.43. The molecule has 0 amide bonds. The minimum atomic E-state index is -0.0911. The molecule has 0 aromatic carbocycles. The molecule has 1 fully saturated rings. The molecule has 1 aliphatic heterocycles. The molecule has 0 aromatic rings. The molecule has 3 heteroatoms. The Kier molecular flexibility index (Phi) is 3.93. The molecule has 3 nitrogen and oxygen atoms in total. The Morgan fingerprint density at radius 2 is 2.29 bits per heavy atom. The highest BCUT2D eigenvalue weighted by atomic mass is 16.5. The first-order chi connectivity index (χ1) is 6.53. The van der Waals surface area contributed by atoms with Crippen molar-refractivity contribution in [2.24, 2.45) is 5.92 Å². The number of carbonyl (C=O) groups excluding carboxylic acids is 1. The molecule has 1 rings (SSSR count). The van der Waals surface area contributed by atoms with E-state index >= 15 is 0 Å². The molecule has 0 spiro atoms. The maximum atomic E-state index is 11.2. The summed E-state index contributed by atoms with van der Waals surface area (Å²) in [5, 5.41) is 3.44. The van der Waals surface area contributed by atoms with Gasteiger partial charge in [0.1, 0.15) is 0 Å². The van der Waals surface area contributed by atoms with Gasteiger partial charge < -0.3 is 10.1 Å². The van der Waals surface area contributed by atoms with Crippen molar-refractivity contribution < 1.29 is 9.53 Å². The molecule has 1 N–H and O–H groups in total. The predicted octanol–water partition coefficient (Wildman–Crippen LogP) is 1.72. The molecule has 14 heavy (non-hydrogen) atoms. The SMILES string of the molecule is CC(C)C(=O)OCCC1(C)CCCN1. The van der Waals surface area contributed by atoms with Gasteiger partial charge in [-0.2, -0.15) is 0 Å². The van der Waals surface area contributed by atoms with Crippen molar-refractivity contribution in [3.05, 3.63) is 0 Å². The van der Waals surface area contributed by atoms with E-state index in [2.05, 4.69) is 12.2 Å². The van der Waals surface area contributed by atoms with E-state index in [1.54, 1.807) is 0 Å². The van der Waals surface area contributed by atoms with Gasteiger partial charge in [-0.15, -0.1) is 0 Å². The standard InChI is InChI=1S/C11H21NO2/c1-9(2)10(13)14-8-6-11(3)5-4-7-12-11/h9,12H,4-8H2,1-3H3. The van der Waals surface area contributed by atoms with Crippen LogP contribution in [0.1, 0.15) is 40.0 Å². The van der Waals surface area contributed by atoms with Crippen molar-refractivity contribution in [1.29, 1.82) is 0 Å². The fourth-order valence-electron chi connectivity index (χ4n) is 1.71. The average Bonchev–Trinajstić information content (AvgIpc) is 2.52. The van der Waals surface area contributed by atoms with Crippen LogP contribution in [0.2, 0.25) is 0 Å². The van der Waals surface area contributed by atoms with Crippen molar-refractivity contribution in [1.82, 2.24) is 5.32 Å². The molecule has 1 atom stereocenters. The van der Waals surface area contributed by atoms with Gasteiger partial charge in [0.2, 0.25) is 0 Å². The van der Waals surface area contributed by atoms with Crippen molar-refractivity contribution in [3.8, 4) is 0 Å². The zero-order chi connectivity index (χ0) is 10.6. The molecular weight excluding hydrogens is 178 g/mol. The van der Waals surface area contributed by atoms with Crippen molar-refractivity contribution >= 4 is 5.97 Å². The summed E-state index contributed by atoms with van der Waals surface area (Å²) in [5.74, 6) is -0.106. The molecule has 1 saturated heterocycles. The van der Waals surface area contributed by atoms with E-state index in [0.717, 1.165) is 13.0 Å². The molecule has 0 aromatic heterocycles. The van der Waals surface area contributed by atoms with E-state index in [0.29, 0.717) is 6.61 Å². The van der Waals surface area contributed by atoms with Gasteiger partial charge in [0.15, 0.2) is 0 Å². The highest BCUT2D eigenvalue weighted by molar-refractivity contribution is 5.71. The number of esters is 1. The number of carbonyl (C=O) groups is 1. The lowest BCUT2D eigenvalue weighted by atomic mass is 9.97. The van der Waals surface area contributed by atoms with Crippen molar-refractivity contribution in [3.63, 3.8) is 0 Å². The second-order valence-corrected chi connectivity index (χ2v) is 4.66. The molecule has 0 bridgehead atoms. The largest absolute Gasteiger partial charge is 0.465 e. The Morgan fingerprint density at radius 1 is 1.57 bits per heavy atom. The second-order valence-electron chi connectivity index (χ2n) is 4.66. The summed E-state index contributed by atoms with van der Waals surface area (Å²) in [6.45, 7) is 7.55. The second kappa shape index (κ2) is 4.78. The number of ether oxygens (including phenoxy) is 1. The van der Waals surface area contributed by atoms with Crippen LogP contribution in [0.25, 0.3) is 0 Å². The smallest absolute Gasteiger partial charge is 0.308 e. The maximum Gasteiger partial charge on any atom is 0.308 e. The molecular formula is C11H21NO2. The first-order valence-corrected chi connectivity index (χ1v) is 5.45. The fourth-order valence-corrected chi connectivity index (χ4v) is 1.71. The lowest BCUT2D eigenvalue weighted by Crippen LogP contribution is -2.37. The zero-order valence-corrected chi connectivity index (χ0v) is 9.43. The predicted molar refractivity (Wildman–Crippen MR) is 56.1 cm³/mol. The fraction of sp³-hybridized carbons (Fsp3) is 0.909.